The van der Waals surface area contributed by atoms with Crippen molar-refractivity contribution in [1.82, 2.24) is 0 Å². The van der Waals surface area contributed by atoms with Gasteiger partial charge in [0.2, 0.25) is 0 Å². The molecule has 0 aliphatic heterocycles. The molecule has 2 heterocycles. The summed E-state index contributed by atoms with van der Waals surface area (Å²) in [5.74, 6) is 0.886. The first-order chi connectivity index (χ1) is 8.65. The van der Waals surface area contributed by atoms with Crippen LogP contribution in [0.5, 0.6) is 0 Å². The first-order valence-electron chi connectivity index (χ1n) is 7.14. The van der Waals surface area contributed by atoms with E-state index in [0.29, 0.717) is 0 Å². The molecule has 18 heavy (non-hydrogen) atoms. The van der Waals surface area contributed by atoms with Gasteiger partial charge >= 0.3 is 0 Å². The molecule has 0 nitrogen and oxygen atoms in total. The van der Waals surface area contributed by atoms with Crippen LogP contribution in [-0.2, 0) is 6.42 Å². The zero-order chi connectivity index (χ0) is 13.1. The molecule has 0 N–H and O–H groups in total. The molecule has 2 aromatic rings. The third-order valence-corrected chi connectivity index (χ3v) is 6.26. The van der Waals surface area contributed by atoms with Crippen molar-refractivity contribution in [2.45, 2.75) is 59.8 Å². The molecule has 0 saturated heterocycles. The minimum atomic E-state index is 0.886. The predicted molar refractivity (Wildman–Crippen MR) is 86.2 cm³/mol. The largest absolute Gasteiger partial charge is 0.144 e. The van der Waals surface area contributed by atoms with Crippen molar-refractivity contribution in [1.29, 1.82) is 0 Å². The van der Waals surface area contributed by atoms with Gasteiger partial charge in [-0.3, -0.25) is 0 Å². The second kappa shape index (κ2) is 6.21. The topological polar surface area (TPSA) is 0 Å². The molecule has 0 bridgehead atoms. The molecule has 0 aliphatic carbocycles. The Hall–Kier alpha value is -0.340. The van der Waals surface area contributed by atoms with Crippen LogP contribution in [0.4, 0.5) is 0 Å². The normalized spacial score (nSPS) is 13.3. The van der Waals surface area contributed by atoms with E-state index in [0.717, 1.165) is 5.92 Å². The quantitative estimate of drug-likeness (QED) is 0.579. The number of aryl methyl sites for hydroxylation is 2. The Labute approximate surface area is 119 Å². The summed E-state index contributed by atoms with van der Waals surface area (Å²) < 4.78 is 1.54. The first-order valence-corrected chi connectivity index (χ1v) is 8.77. The van der Waals surface area contributed by atoms with Crippen LogP contribution in [0.15, 0.2) is 6.07 Å². The highest BCUT2D eigenvalue weighted by molar-refractivity contribution is 7.24. The maximum atomic E-state index is 2.45. The Balaban J connectivity index is 2.13. The maximum Gasteiger partial charge on any atom is 0.0484 e. The summed E-state index contributed by atoms with van der Waals surface area (Å²) in [6.07, 6.45) is 6.72. The first kappa shape index (κ1) is 14.1. The van der Waals surface area contributed by atoms with Gasteiger partial charge in [-0.25, -0.2) is 0 Å². The molecule has 0 aromatic carbocycles. The van der Waals surface area contributed by atoms with Crippen LogP contribution >= 0.6 is 22.7 Å². The number of fused-ring (bicyclic) bond motifs is 1. The van der Waals surface area contributed by atoms with E-state index in [9.17, 15) is 0 Å². The van der Waals surface area contributed by atoms with Gasteiger partial charge in [0.25, 0.3) is 0 Å². The Morgan fingerprint density at radius 3 is 2.50 bits per heavy atom. The Morgan fingerprint density at radius 2 is 1.89 bits per heavy atom. The molecule has 0 amide bonds. The van der Waals surface area contributed by atoms with Crippen LogP contribution in [-0.4, -0.2) is 0 Å². The minimum Gasteiger partial charge on any atom is -0.144 e. The monoisotopic (exact) mass is 280 g/mol. The summed E-state index contributed by atoms with van der Waals surface area (Å²) in [6.45, 7) is 9.14. The molecular formula is C16H24S2. The van der Waals surface area contributed by atoms with Gasteiger partial charge in [-0.05, 0) is 32.3 Å². The molecule has 0 saturated carbocycles. The van der Waals surface area contributed by atoms with Crippen LogP contribution in [0.3, 0.4) is 0 Å². The van der Waals surface area contributed by atoms with E-state index < -0.39 is 0 Å². The fourth-order valence-corrected chi connectivity index (χ4v) is 5.10. The van der Waals surface area contributed by atoms with Crippen molar-refractivity contribution in [2.75, 3.05) is 0 Å². The van der Waals surface area contributed by atoms with Crippen molar-refractivity contribution in [2.24, 2.45) is 5.92 Å². The molecule has 2 heteroatoms. The SMILES string of the molecule is CCCCC(CC)Cc1cc2c(C)sc(C)c2s1. The number of thiophene rings is 2. The van der Waals surface area contributed by atoms with Crippen LogP contribution in [0.1, 0.15) is 54.2 Å². The lowest BCUT2D eigenvalue weighted by Gasteiger charge is -2.12. The summed E-state index contributed by atoms with van der Waals surface area (Å²) in [7, 11) is 0. The van der Waals surface area contributed by atoms with E-state index in [1.807, 2.05) is 22.7 Å². The molecule has 2 aromatic heterocycles. The van der Waals surface area contributed by atoms with Crippen LogP contribution in [0.2, 0.25) is 0 Å². The molecular weight excluding hydrogens is 256 g/mol. The molecule has 0 aliphatic rings. The van der Waals surface area contributed by atoms with Gasteiger partial charge in [0.1, 0.15) is 0 Å². The molecule has 1 atom stereocenters. The third kappa shape index (κ3) is 2.97. The van der Waals surface area contributed by atoms with Crippen molar-refractivity contribution >= 4 is 32.8 Å². The van der Waals surface area contributed by atoms with Gasteiger partial charge in [-0.1, -0.05) is 39.5 Å². The molecule has 2 rings (SSSR count). The molecule has 0 fully saturated rings. The van der Waals surface area contributed by atoms with Gasteiger partial charge < -0.3 is 0 Å². The zero-order valence-corrected chi connectivity index (χ0v) is 13.6. The summed E-state index contributed by atoms with van der Waals surface area (Å²) in [5.41, 5.74) is 0. The summed E-state index contributed by atoms with van der Waals surface area (Å²) in [6, 6.07) is 2.45. The second-order valence-corrected chi connectivity index (χ2v) is 7.86. The minimum absolute atomic E-state index is 0.886. The van der Waals surface area contributed by atoms with Crippen LogP contribution < -0.4 is 0 Å². The predicted octanol–water partition coefficient (Wildman–Crippen LogP) is 6.34. The van der Waals surface area contributed by atoms with E-state index in [2.05, 4.69) is 33.8 Å². The highest BCUT2D eigenvalue weighted by Gasteiger charge is 2.13. The van der Waals surface area contributed by atoms with Gasteiger partial charge in [0.15, 0.2) is 0 Å². The molecule has 0 radical (unpaired) electrons. The van der Waals surface area contributed by atoms with E-state index in [4.69, 9.17) is 0 Å². The van der Waals surface area contributed by atoms with Crippen LogP contribution in [0.25, 0.3) is 10.1 Å². The average molecular weight is 281 g/mol. The van der Waals surface area contributed by atoms with E-state index in [1.165, 1.54) is 51.9 Å². The highest BCUT2D eigenvalue weighted by Crippen LogP contribution is 2.37. The molecule has 100 valence electrons. The fourth-order valence-electron chi connectivity index (χ4n) is 2.62. The van der Waals surface area contributed by atoms with Crippen molar-refractivity contribution in [3.05, 3.63) is 20.7 Å². The standard InChI is InChI=1S/C16H24S2/c1-5-7-8-13(6-2)9-14-10-15-11(3)17-12(4)16(15)18-14/h10,13H,5-9H2,1-4H3. The van der Waals surface area contributed by atoms with Crippen molar-refractivity contribution < 1.29 is 0 Å². The Bertz CT molecular complexity index is 470. The van der Waals surface area contributed by atoms with Gasteiger partial charge in [-0.15, -0.1) is 22.7 Å². The lowest BCUT2D eigenvalue weighted by atomic mass is 9.95. The number of unbranched alkanes of at least 4 members (excludes halogenated alkanes) is 1. The average Bonchev–Trinajstić information content (AvgIpc) is 2.87. The Morgan fingerprint density at radius 1 is 1.11 bits per heavy atom. The second-order valence-electron chi connectivity index (χ2n) is 5.29. The summed E-state index contributed by atoms with van der Waals surface area (Å²) in [4.78, 5) is 4.59. The summed E-state index contributed by atoms with van der Waals surface area (Å²) in [5, 5.41) is 1.52. The van der Waals surface area contributed by atoms with E-state index in [-0.39, 0.29) is 0 Å². The molecule has 1 unspecified atom stereocenters. The van der Waals surface area contributed by atoms with Gasteiger partial charge in [-0.2, -0.15) is 0 Å². The highest BCUT2D eigenvalue weighted by atomic mass is 32.1. The Kier molecular flexibility index (Phi) is 4.85. The third-order valence-electron chi connectivity index (χ3n) is 3.82. The van der Waals surface area contributed by atoms with Crippen molar-refractivity contribution in [3.8, 4) is 0 Å². The van der Waals surface area contributed by atoms with Gasteiger partial charge in [0.05, 0.1) is 0 Å². The zero-order valence-electron chi connectivity index (χ0n) is 12.0. The van der Waals surface area contributed by atoms with Gasteiger partial charge in [0, 0.05) is 24.7 Å². The molecule has 0 spiro atoms. The van der Waals surface area contributed by atoms with E-state index >= 15 is 0 Å². The fraction of sp³-hybridized carbons (Fsp3) is 0.625. The van der Waals surface area contributed by atoms with Crippen molar-refractivity contribution in [3.63, 3.8) is 0 Å². The summed E-state index contributed by atoms with van der Waals surface area (Å²) >= 11 is 3.98. The number of hydrogen-bond acceptors (Lipinski definition) is 2. The maximum absolute atomic E-state index is 2.45. The van der Waals surface area contributed by atoms with E-state index in [1.54, 1.807) is 4.88 Å². The lowest BCUT2D eigenvalue weighted by molar-refractivity contribution is 0.452. The number of rotatable bonds is 6. The number of hydrogen-bond donors (Lipinski definition) is 0. The smallest absolute Gasteiger partial charge is 0.0484 e. The van der Waals surface area contributed by atoms with Crippen LogP contribution in [0, 0.1) is 19.8 Å². The lowest BCUT2D eigenvalue weighted by Crippen LogP contribution is -2.01.